The zero-order valence-electron chi connectivity index (χ0n) is 13.2. The maximum absolute atomic E-state index is 11.3. The number of methoxy groups -OCH3 is 1. The molecule has 0 bridgehead atoms. The smallest absolute Gasteiger partial charge is 0.330 e. The van der Waals surface area contributed by atoms with Crippen LogP contribution < -0.4 is 4.74 Å². The van der Waals surface area contributed by atoms with E-state index in [0.717, 1.165) is 23.3 Å². The molecule has 0 amide bonds. The minimum atomic E-state index is -0.395. The first kappa shape index (κ1) is 16.6. The molecule has 2 aromatic rings. The Balaban J connectivity index is 2.24. The van der Waals surface area contributed by atoms with Crippen molar-refractivity contribution in [3.63, 3.8) is 0 Å². The Morgan fingerprint density at radius 3 is 2.61 bits per heavy atom. The van der Waals surface area contributed by atoms with Crippen molar-refractivity contribution < 1.29 is 14.3 Å². The summed E-state index contributed by atoms with van der Waals surface area (Å²) in [5.74, 6) is 0.325. The van der Waals surface area contributed by atoms with E-state index >= 15 is 0 Å². The lowest BCUT2D eigenvalue weighted by Crippen LogP contribution is -1.98. The van der Waals surface area contributed by atoms with Crippen LogP contribution in [-0.4, -0.2) is 19.7 Å². The number of carbonyl (C=O) groups excluding carboxylic acids is 1. The van der Waals surface area contributed by atoms with Gasteiger partial charge in [0, 0.05) is 11.6 Å². The van der Waals surface area contributed by atoms with Gasteiger partial charge >= 0.3 is 5.97 Å². The molecule has 0 unspecified atom stereocenters. The molecule has 3 heteroatoms. The fourth-order valence-corrected chi connectivity index (χ4v) is 2.16. The van der Waals surface area contributed by atoms with E-state index in [-0.39, 0.29) is 0 Å². The SMILES string of the molecule is C=CCOc1cc(Cc2ccccc2)ccc1/C=C/C(=O)OC. The maximum Gasteiger partial charge on any atom is 0.330 e. The van der Waals surface area contributed by atoms with Gasteiger partial charge in [-0.1, -0.05) is 55.1 Å². The number of rotatable bonds is 7. The first-order valence-corrected chi connectivity index (χ1v) is 7.39. The van der Waals surface area contributed by atoms with Crippen LogP contribution in [0.4, 0.5) is 0 Å². The summed E-state index contributed by atoms with van der Waals surface area (Å²) < 4.78 is 10.3. The van der Waals surface area contributed by atoms with Crippen LogP contribution in [0.3, 0.4) is 0 Å². The molecule has 0 saturated heterocycles. The third kappa shape index (κ3) is 5.15. The summed E-state index contributed by atoms with van der Waals surface area (Å²) in [6, 6.07) is 16.2. The van der Waals surface area contributed by atoms with Gasteiger partial charge in [0.05, 0.1) is 7.11 Å². The van der Waals surface area contributed by atoms with Crippen molar-refractivity contribution in [3.8, 4) is 5.75 Å². The van der Waals surface area contributed by atoms with Gasteiger partial charge in [-0.05, 0) is 29.7 Å². The highest BCUT2D eigenvalue weighted by molar-refractivity contribution is 5.87. The molecule has 0 radical (unpaired) electrons. The van der Waals surface area contributed by atoms with Gasteiger partial charge in [-0.3, -0.25) is 0 Å². The quantitative estimate of drug-likeness (QED) is 0.440. The van der Waals surface area contributed by atoms with Gasteiger partial charge in [-0.25, -0.2) is 4.79 Å². The molecule has 0 aromatic heterocycles. The normalized spacial score (nSPS) is 10.5. The van der Waals surface area contributed by atoms with Gasteiger partial charge in [0.1, 0.15) is 12.4 Å². The van der Waals surface area contributed by atoms with Crippen LogP contribution in [0.1, 0.15) is 16.7 Å². The largest absolute Gasteiger partial charge is 0.489 e. The van der Waals surface area contributed by atoms with E-state index in [0.29, 0.717) is 6.61 Å². The van der Waals surface area contributed by atoms with E-state index in [1.807, 2.05) is 36.4 Å². The molecule has 0 N–H and O–H groups in total. The minimum absolute atomic E-state index is 0.395. The number of carbonyl (C=O) groups is 1. The second-order valence-electron chi connectivity index (χ2n) is 4.99. The van der Waals surface area contributed by atoms with Crippen molar-refractivity contribution in [1.29, 1.82) is 0 Å². The molecule has 2 rings (SSSR count). The molecular weight excluding hydrogens is 288 g/mol. The van der Waals surface area contributed by atoms with Crippen LogP contribution in [-0.2, 0) is 16.0 Å². The lowest BCUT2D eigenvalue weighted by molar-refractivity contribution is -0.134. The minimum Gasteiger partial charge on any atom is -0.489 e. The number of hydrogen-bond donors (Lipinski definition) is 0. The Labute approximate surface area is 136 Å². The summed E-state index contributed by atoms with van der Waals surface area (Å²) >= 11 is 0. The van der Waals surface area contributed by atoms with Gasteiger partial charge in [0.15, 0.2) is 0 Å². The summed E-state index contributed by atoms with van der Waals surface area (Å²) in [4.78, 5) is 11.3. The van der Waals surface area contributed by atoms with E-state index in [4.69, 9.17) is 4.74 Å². The van der Waals surface area contributed by atoms with Crippen molar-refractivity contribution in [2.75, 3.05) is 13.7 Å². The lowest BCUT2D eigenvalue weighted by atomic mass is 10.0. The topological polar surface area (TPSA) is 35.5 Å². The van der Waals surface area contributed by atoms with Crippen LogP contribution >= 0.6 is 0 Å². The fraction of sp³-hybridized carbons (Fsp3) is 0.150. The second-order valence-corrected chi connectivity index (χ2v) is 4.99. The van der Waals surface area contributed by atoms with Crippen molar-refractivity contribution in [2.24, 2.45) is 0 Å². The predicted octanol–water partition coefficient (Wildman–Crippen LogP) is 4.03. The molecule has 0 saturated carbocycles. The van der Waals surface area contributed by atoms with Crippen molar-refractivity contribution in [3.05, 3.63) is 84.0 Å². The van der Waals surface area contributed by atoms with Crippen LogP contribution in [0.2, 0.25) is 0 Å². The van der Waals surface area contributed by atoms with Gasteiger partial charge in [-0.2, -0.15) is 0 Å². The van der Waals surface area contributed by atoms with Crippen LogP contribution in [0.25, 0.3) is 6.08 Å². The molecule has 2 aromatic carbocycles. The lowest BCUT2D eigenvalue weighted by Gasteiger charge is -2.10. The van der Waals surface area contributed by atoms with Crippen LogP contribution in [0, 0.1) is 0 Å². The molecule has 0 fully saturated rings. The summed E-state index contributed by atoms with van der Waals surface area (Å²) in [7, 11) is 1.35. The molecule has 0 aliphatic heterocycles. The summed E-state index contributed by atoms with van der Waals surface area (Å²) in [5, 5.41) is 0. The first-order valence-electron chi connectivity index (χ1n) is 7.39. The molecule has 0 heterocycles. The molecular formula is C20H20O3. The predicted molar refractivity (Wildman–Crippen MR) is 92.4 cm³/mol. The average molecular weight is 308 g/mol. The van der Waals surface area contributed by atoms with E-state index in [1.165, 1.54) is 18.7 Å². The van der Waals surface area contributed by atoms with E-state index < -0.39 is 5.97 Å². The Hall–Kier alpha value is -2.81. The monoisotopic (exact) mass is 308 g/mol. The highest BCUT2D eigenvalue weighted by Crippen LogP contribution is 2.24. The summed E-state index contributed by atoms with van der Waals surface area (Å²) in [5.41, 5.74) is 3.21. The molecule has 0 spiro atoms. The van der Waals surface area contributed by atoms with Crippen LogP contribution in [0.5, 0.6) is 5.75 Å². The highest BCUT2D eigenvalue weighted by Gasteiger charge is 2.05. The van der Waals surface area contributed by atoms with Gasteiger partial charge in [-0.15, -0.1) is 0 Å². The Morgan fingerprint density at radius 1 is 1.13 bits per heavy atom. The number of hydrogen-bond acceptors (Lipinski definition) is 3. The Kier molecular flexibility index (Phi) is 6.18. The molecule has 23 heavy (non-hydrogen) atoms. The summed E-state index contributed by atoms with van der Waals surface area (Å²) in [6.45, 7) is 4.08. The second kappa shape index (κ2) is 8.59. The third-order valence-corrected chi connectivity index (χ3v) is 3.29. The zero-order chi connectivity index (χ0) is 16.5. The third-order valence-electron chi connectivity index (χ3n) is 3.29. The molecule has 3 nitrogen and oxygen atoms in total. The van der Waals surface area contributed by atoms with Gasteiger partial charge < -0.3 is 9.47 Å². The molecule has 0 atom stereocenters. The molecule has 0 aliphatic rings. The fourth-order valence-electron chi connectivity index (χ4n) is 2.16. The van der Waals surface area contributed by atoms with Crippen LogP contribution in [0.15, 0.2) is 67.3 Å². The summed E-state index contributed by atoms with van der Waals surface area (Å²) in [6.07, 6.45) is 5.59. The van der Waals surface area contributed by atoms with E-state index in [9.17, 15) is 4.79 Å². The standard InChI is InChI=1S/C20H20O3/c1-3-13-23-19-15-17(14-16-7-5-4-6-8-16)9-10-18(19)11-12-20(21)22-2/h3-12,15H,1,13-14H2,2H3/b12-11+. The highest BCUT2D eigenvalue weighted by atomic mass is 16.5. The van der Waals surface area contributed by atoms with Gasteiger partial charge in [0.2, 0.25) is 0 Å². The van der Waals surface area contributed by atoms with E-state index in [1.54, 1.807) is 12.2 Å². The van der Waals surface area contributed by atoms with Crippen molar-refractivity contribution >= 4 is 12.0 Å². The maximum atomic E-state index is 11.3. The van der Waals surface area contributed by atoms with Crippen molar-refractivity contribution in [1.82, 2.24) is 0 Å². The zero-order valence-corrected chi connectivity index (χ0v) is 13.2. The average Bonchev–Trinajstić information content (AvgIpc) is 2.59. The Bertz CT molecular complexity index is 687. The van der Waals surface area contributed by atoms with Gasteiger partial charge in [0.25, 0.3) is 0 Å². The molecule has 0 aliphatic carbocycles. The number of benzene rings is 2. The number of ether oxygens (including phenoxy) is 2. The van der Waals surface area contributed by atoms with Crippen molar-refractivity contribution in [2.45, 2.75) is 6.42 Å². The Morgan fingerprint density at radius 2 is 1.91 bits per heavy atom. The first-order chi connectivity index (χ1) is 11.2. The number of esters is 1. The van der Waals surface area contributed by atoms with E-state index in [2.05, 4.69) is 23.4 Å². The molecule has 118 valence electrons.